The van der Waals surface area contributed by atoms with E-state index in [2.05, 4.69) is 13.2 Å². The van der Waals surface area contributed by atoms with Crippen molar-refractivity contribution in [3.8, 4) is 0 Å². The van der Waals surface area contributed by atoms with E-state index in [4.69, 9.17) is 20.4 Å². The highest BCUT2D eigenvalue weighted by Gasteiger charge is 2.38. The van der Waals surface area contributed by atoms with Crippen LogP contribution in [0.25, 0.3) is 0 Å². The predicted octanol–water partition coefficient (Wildman–Crippen LogP) is 0.135. The fourth-order valence-corrected chi connectivity index (χ4v) is 0.768. The van der Waals surface area contributed by atoms with Gasteiger partial charge in [-0.3, -0.25) is 0 Å². The van der Waals surface area contributed by atoms with Gasteiger partial charge >= 0.3 is 23.9 Å². The Labute approximate surface area is 128 Å². The molecule has 0 aromatic carbocycles. The van der Waals surface area contributed by atoms with E-state index in [9.17, 15) is 19.2 Å². The smallest absolute Gasteiger partial charge is 0.374 e. The van der Waals surface area contributed by atoms with Gasteiger partial charge in [-0.25, -0.2) is 19.2 Å². The Balaban J connectivity index is -0.000000277. The van der Waals surface area contributed by atoms with Gasteiger partial charge < -0.3 is 24.9 Å². The molecule has 22 heavy (non-hydrogen) atoms. The van der Waals surface area contributed by atoms with Crippen LogP contribution in [0.5, 0.6) is 0 Å². The van der Waals surface area contributed by atoms with Crippen LogP contribution in [0.1, 0.15) is 6.92 Å². The van der Waals surface area contributed by atoms with Crippen molar-refractivity contribution in [3.63, 3.8) is 0 Å². The molecule has 0 radical (unpaired) electrons. The molecule has 0 amide bonds. The second-order valence-corrected chi connectivity index (χ2v) is 4.82. The van der Waals surface area contributed by atoms with Crippen molar-refractivity contribution < 1.29 is 44.1 Å². The van der Waals surface area contributed by atoms with Crippen LogP contribution in [0.15, 0.2) is 24.8 Å². The van der Waals surface area contributed by atoms with Crippen molar-refractivity contribution in [2.24, 2.45) is 0 Å². The molecule has 0 spiro atoms. The summed E-state index contributed by atoms with van der Waals surface area (Å²) in [5.41, 5.74) is 0.176. The Bertz CT molecular complexity index is 421. The molecule has 0 rings (SSSR count). The van der Waals surface area contributed by atoms with Gasteiger partial charge in [0.25, 0.3) is 6.04 Å². The summed E-state index contributed by atoms with van der Waals surface area (Å²) in [5.74, 6) is -4.55. The molecule has 126 valence electrons. The molecule has 0 saturated carbocycles. The summed E-state index contributed by atoms with van der Waals surface area (Å²) in [7, 11) is 4.56. The lowest BCUT2D eigenvalue weighted by atomic mass is 10.2. The third kappa shape index (κ3) is 15.4. The van der Waals surface area contributed by atoms with Gasteiger partial charge in [-0.15, -0.1) is 0 Å². The average molecular weight is 320 g/mol. The van der Waals surface area contributed by atoms with Crippen LogP contribution in [-0.2, 0) is 19.2 Å². The number of quaternary nitrogens is 1. The van der Waals surface area contributed by atoms with E-state index in [-0.39, 0.29) is 10.1 Å². The number of hydrogen-bond acceptors (Lipinski definition) is 4. The van der Waals surface area contributed by atoms with Gasteiger partial charge in [0.2, 0.25) is 0 Å². The van der Waals surface area contributed by atoms with Gasteiger partial charge in [0.15, 0.2) is 0 Å². The molecule has 9 nitrogen and oxygen atoms in total. The van der Waals surface area contributed by atoms with Gasteiger partial charge in [0.1, 0.15) is 0 Å². The van der Waals surface area contributed by atoms with Gasteiger partial charge in [0, 0.05) is 11.6 Å². The summed E-state index contributed by atoms with van der Waals surface area (Å²) in [6.07, 6.45) is 0.833. The zero-order chi connectivity index (χ0) is 18.7. The maximum absolute atomic E-state index is 10.4. The van der Waals surface area contributed by atoms with Crippen molar-refractivity contribution in [3.05, 3.63) is 24.8 Å². The first-order chi connectivity index (χ1) is 9.68. The Morgan fingerprint density at radius 3 is 1.18 bits per heavy atom. The van der Waals surface area contributed by atoms with Gasteiger partial charge in [-0.2, -0.15) is 0 Å². The number of carboxylic acids is 4. The molecule has 0 aliphatic rings. The summed E-state index contributed by atoms with van der Waals surface area (Å²) in [4.78, 5) is 39.6. The number of likely N-dealkylation sites (N-methyl/N-ethyl adjacent to an activating group) is 1. The fourth-order valence-electron chi connectivity index (χ4n) is 0.768. The van der Waals surface area contributed by atoms with E-state index in [1.807, 2.05) is 0 Å². The van der Waals surface area contributed by atoms with Crippen LogP contribution in [0.4, 0.5) is 0 Å². The molecule has 0 atom stereocenters. The molecule has 0 aliphatic carbocycles. The van der Waals surface area contributed by atoms with Crippen LogP contribution in [0.2, 0.25) is 0 Å². The summed E-state index contributed by atoms with van der Waals surface area (Å²) >= 11 is 0. The number of aliphatic carboxylic acids is 4. The minimum absolute atomic E-state index is 0.120. The molecule has 4 N–H and O–H groups in total. The van der Waals surface area contributed by atoms with Crippen LogP contribution < -0.4 is 0 Å². The highest BCUT2D eigenvalue weighted by molar-refractivity contribution is 5.95. The summed E-state index contributed by atoms with van der Waals surface area (Å²) in [6, 6.07) is -1.39. The highest BCUT2D eigenvalue weighted by Crippen LogP contribution is 2.02. The first-order valence-corrected chi connectivity index (χ1v) is 5.69. The number of hydrogen-bond donors (Lipinski definition) is 4. The zero-order valence-corrected chi connectivity index (χ0v) is 12.9. The number of nitrogens with zero attached hydrogens (tertiary/aromatic N) is 1. The lowest BCUT2D eigenvalue weighted by molar-refractivity contribution is -0.878. The van der Waals surface area contributed by atoms with Crippen molar-refractivity contribution >= 4 is 23.9 Å². The van der Waals surface area contributed by atoms with Crippen molar-refractivity contribution in [2.75, 3.05) is 21.1 Å². The molecule has 0 aromatic rings. The third-order valence-electron chi connectivity index (χ3n) is 1.78. The van der Waals surface area contributed by atoms with E-state index in [1.165, 1.54) is 28.1 Å². The molecule has 0 saturated heterocycles. The van der Waals surface area contributed by atoms with E-state index in [1.54, 1.807) is 0 Å². The predicted molar refractivity (Wildman–Crippen MR) is 77.4 cm³/mol. The molecule has 0 bridgehead atoms. The first kappa shape index (κ1) is 24.3. The van der Waals surface area contributed by atoms with E-state index >= 15 is 0 Å². The molecule has 9 heteroatoms. The Kier molecular flexibility index (Phi) is 12.2. The maximum Gasteiger partial charge on any atom is 0.374 e. The first-order valence-electron chi connectivity index (χ1n) is 5.69. The van der Waals surface area contributed by atoms with Crippen LogP contribution in [0, 0.1) is 0 Å². The van der Waals surface area contributed by atoms with Crippen molar-refractivity contribution in [1.82, 2.24) is 0 Å². The van der Waals surface area contributed by atoms with Crippen LogP contribution in [0.3, 0.4) is 0 Å². The molecule has 0 heterocycles. The van der Waals surface area contributed by atoms with Crippen LogP contribution >= 0.6 is 0 Å². The number of carboxylic acid groups (broad SMARTS) is 4. The standard InChI is InChI=1S/C6H11NO4.C4H6O2.C3H4O2/c1-7(2,3)4(5(8)9)6(10)11;1-3(2)4(5)6;1-2-3(4)5/h4H,1-3H3,(H-,8,9,10,11);1H2,2H3,(H,5,6);2H,1H2,(H,4,5)/p+1. The van der Waals surface area contributed by atoms with E-state index in [0.29, 0.717) is 0 Å². The second kappa shape index (κ2) is 11.0. The molecular weight excluding hydrogens is 298 g/mol. The second-order valence-electron chi connectivity index (χ2n) is 4.82. The largest absolute Gasteiger partial charge is 0.478 e. The lowest BCUT2D eigenvalue weighted by Gasteiger charge is -2.27. The average Bonchev–Trinajstić information content (AvgIpc) is 2.26. The van der Waals surface area contributed by atoms with Gasteiger partial charge in [-0.05, 0) is 6.92 Å². The zero-order valence-electron chi connectivity index (χ0n) is 12.9. The molecule has 0 fully saturated rings. The monoisotopic (exact) mass is 320 g/mol. The highest BCUT2D eigenvalue weighted by atomic mass is 16.4. The lowest BCUT2D eigenvalue weighted by Crippen LogP contribution is -2.54. The van der Waals surface area contributed by atoms with Gasteiger partial charge in [0.05, 0.1) is 21.1 Å². The number of carbonyl (C=O) groups is 4. The fraction of sp³-hybridized carbons (Fsp3) is 0.385. The third-order valence-corrected chi connectivity index (χ3v) is 1.78. The maximum atomic E-state index is 10.4. The Morgan fingerprint density at radius 2 is 1.18 bits per heavy atom. The topological polar surface area (TPSA) is 149 Å². The Hall–Kier alpha value is -2.68. The van der Waals surface area contributed by atoms with Crippen molar-refractivity contribution in [2.45, 2.75) is 13.0 Å². The molecule has 0 unspecified atom stereocenters. The van der Waals surface area contributed by atoms with Gasteiger partial charge in [-0.1, -0.05) is 13.2 Å². The molecular formula is C13H22NO8+. The minimum atomic E-state index is -1.39. The Morgan fingerprint density at radius 1 is 0.955 bits per heavy atom. The normalized spacial score (nSPS) is 9.32. The summed E-state index contributed by atoms with van der Waals surface area (Å²) < 4.78 is -0.120. The van der Waals surface area contributed by atoms with E-state index in [0.717, 1.165) is 6.08 Å². The van der Waals surface area contributed by atoms with Crippen molar-refractivity contribution in [1.29, 1.82) is 0 Å². The SMILES string of the molecule is C=C(C)C(=O)O.C=CC(=O)O.C[N+](C)(C)C(C(=O)O)C(=O)O. The summed E-state index contributed by atoms with van der Waals surface area (Å²) in [6.45, 7) is 7.56. The molecule has 0 aliphatic heterocycles. The minimum Gasteiger partial charge on any atom is -0.478 e. The quantitative estimate of drug-likeness (QED) is 0.317. The summed E-state index contributed by atoms with van der Waals surface area (Å²) in [5, 5.41) is 32.5. The van der Waals surface area contributed by atoms with Crippen LogP contribution in [-0.4, -0.2) is 76.0 Å². The number of rotatable bonds is 5. The van der Waals surface area contributed by atoms with E-state index < -0.39 is 29.9 Å². The molecule has 0 aromatic heterocycles.